The van der Waals surface area contributed by atoms with E-state index >= 15 is 4.39 Å². The van der Waals surface area contributed by atoms with E-state index in [1.807, 2.05) is 0 Å². The van der Waals surface area contributed by atoms with Gasteiger partial charge in [-0.15, -0.1) is 0 Å². The van der Waals surface area contributed by atoms with E-state index in [1.165, 1.54) is 40.1 Å². The highest BCUT2D eigenvalue weighted by molar-refractivity contribution is 7.80. The van der Waals surface area contributed by atoms with E-state index in [0.29, 0.717) is 43.2 Å². The molecule has 0 radical (unpaired) electrons. The Morgan fingerprint density at radius 3 is 2.39 bits per heavy atom. The number of benzene rings is 2. The number of piperazine rings is 1. The minimum Gasteiger partial charge on any atom is -0.442 e. The summed E-state index contributed by atoms with van der Waals surface area (Å²) >= 11 is 5.27. The van der Waals surface area contributed by atoms with Crippen LogP contribution in [0.4, 0.5) is 26.2 Å². The van der Waals surface area contributed by atoms with Crippen LogP contribution in [-0.4, -0.2) is 104 Å². The smallest absolute Gasteiger partial charge is 0.442 e. The fourth-order valence-corrected chi connectivity index (χ4v) is 6.50. The second kappa shape index (κ2) is 13.8. The summed E-state index contributed by atoms with van der Waals surface area (Å²) in [7, 11) is -8.91. The zero-order valence-corrected chi connectivity index (χ0v) is 25.7. The molecule has 2 heterocycles. The molecule has 0 aliphatic carbocycles. The van der Waals surface area contributed by atoms with Crippen LogP contribution in [0.25, 0.3) is 0 Å². The maximum atomic E-state index is 15.0. The fraction of sp³-hybridized carbons (Fsp3) is 0.400. The summed E-state index contributed by atoms with van der Waals surface area (Å²) < 4.78 is 43.4. The average Bonchev–Trinajstić information content (AvgIpc) is 3.36. The molecule has 2 saturated heterocycles. The lowest BCUT2D eigenvalue weighted by molar-refractivity contribution is -0.134. The molecule has 44 heavy (non-hydrogen) atoms. The Balaban J connectivity index is 1.27. The van der Waals surface area contributed by atoms with Gasteiger partial charge in [0.05, 0.1) is 30.9 Å². The lowest BCUT2D eigenvalue weighted by atomic mass is 10.1. The Morgan fingerprint density at radius 2 is 1.82 bits per heavy atom. The van der Waals surface area contributed by atoms with Crippen molar-refractivity contribution in [3.8, 4) is 0 Å². The molecule has 2 aliphatic heterocycles. The van der Waals surface area contributed by atoms with Gasteiger partial charge in [-0.25, -0.2) is 9.18 Å². The van der Waals surface area contributed by atoms with E-state index in [-0.39, 0.29) is 29.7 Å². The number of thiocarbonyl (C=S) groups is 1. The van der Waals surface area contributed by atoms with Crippen molar-refractivity contribution in [2.45, 2.75) is 17.6 Å². The van der Waals surface area contributed by atoms with Crippen molar-refractivity contribution in [3.63, 3.8) is 0 Å². The van der Waals surface area contributed by atoms with Crippen LogP contribution in [0, 0.1) is 5.82 Å². The first-order valence-electron chi connectivity index (χ1n) is 13.2. The summed E-state index contributed by atoms with van der Waals surface area (Å²) in [5.74, 6) is -0.910. The Kier molecular flexibility index (Phi) is 10.5. The number of hydrogen-bond acceptors (Lipinski definition) is 9. The van der Waals surface area contributed by atoms with Gasteiger partial charge in [-0.3, -0.25) is 14.3 Å². The molecule has 4 rings (SSSR count). The van der Waals surface area contributed by atoms with Crippen LogP contribution < -0.4 is 20.4 Å². The van der Waals surface area contributed by atoms with Crippen molar-refractivity contribution in [1.82, 2.24) is 10.2 Å². The number of carbonyl (C=O) groups excluding carboxylic acids is 2. The van der Waals surface area contributed by atoms with Crippen LogP contribution in [0.5, 0.6) is 0 Å². The van der Waals surface area contributed by atoms with Crippen LogP contribution in [0.3, 0.4) is 0 Å². The monoisotopic (exact) mass is 674 g/mol. The number of carbonyl (C=O) groups is 2. The van der Waals surface area contributed by atoms with Gasteiger partial charge in [0.25, 0.3) is 0 Å². The van der Waals surface area contributed by atoms with Crippen LogP contribution >= 0.6 is 27.8 Å². The molecule has 2 fully saturated rings. The van der Waals surface area contributed by atoms with Crippen molar-refractivity contribution in [2.75, 3.05) is 61.0 Å². The second-order valence-electron chi connectivity index (χ2n) is 10.1. The van der Waals surface area contributed by atoms with Crippen molar-refractivity contribution >= 4 is 62.0 Å². The number of hydrogen-bond donors (Lipinski definition) is 7. The molecule has 7 N–H and O–H groups in total. The van der Waals surface area contributed by atoms with E-state index in [1.54, 1.807) is 17.0 Å². The predicted molar refractivity (Wildman–Crippen MR) is 161 cm³/mol. The van der Waals surface area contributed by atoms with Crippen molar-refractivity contribution in [2.24, 2.45) is 0 Å². The third-order valence-corrected chi connectivity index (χ3v) is 10.5. The van der Waals surface area contributed by atoms with Gasteiger partial charge < -0.3 is 45.2 Å². The van der Waals surface area contributed by atoms with E-state index in [4.69, 9.17) is 22.1 Å². The molecule has 2 aromatic rings. The average molecular weight is 675 g/mol. The summed E-state index contributed by atoms with van der Waals surface area (Å²) in [5, 5.41) is 21.9. The molecule has 238 valence electrons. The summed E-state index contributed by atoms with van der Waals surface area (Å²) in [5.41, 5.74) is 1.30. The van der Waals surface area contributed by atoms with E-state index in [0.717, 1.165) is 0 Å². The lowest BCUT2D eigenvalue weighted by Gasteiger charge is -2.36. The van der Waals surface area contributed by atoms with Crippen molar-refractivity contribution < 1.29 is 52.7 Å². The van der Waals surface area contributed by atoms with Crippen LogP contribution in [-0.2, 0) is 25.1 Å². The number of amides is 2. The number of anilines is 3. The first-order chi connectivity index (χ1) is 20.7. The Hall–Kier alpha value is -3.27. The maximum absolute atomic E-state index is 15.0. The topological polar surface area (TPSA) is 212 Å². The highest BCUT2D eigenvalue weighted by atomic mass is 32.1. The normalized spacial score (nSPS) is 18.9. The van der Waals surface area contributed by atoms with Crippen molar-refractivity contribution in [1.29, 1.82) is 0 Å². The van der Waals surface area contributed by atoms with Crippen molar-refractivity contribution in [3.05, 3.63) is 53.8 Å². The van der Waals surface area contributed by atoms with Gasteiger partial charge in [0, 0.05) is 31.9 Å². The Morgan fingerprint density at radius 1 is 1.16 bits per heavy atom. The van der Waals surface area contributed by atoms with Gasteiger partial charge in [0.15, 0.2) is 5.11 Å². The number of nitrogens with zero attached hydrogens (tertiary/aromatic N) is 3. The van der Waals surface area contributed by atoms with Gasteiger partial charge in [-0.05, 0) is 52.7 Å². The highest BCUT2D eigenvalue weighted by Gasteiger charge is 2.62. The minimum absolute atomic E-state index is 0.124. The van der Waals surface area contributed by atoms with Gasteiger partial charge >= 0.3 is 26.8 Å². The van der Waals surface area contributed by atoms with Gasteiger partial charge in [0.2, 0.25) is 5.91 Å². The summed E-state index contributed by atoms with van der Waals surface area (Å²) in [6.45, 7) is 1.18. The number of aliphatic hydroxyl groups is 2. The third kappa shape index (κ3) is 7.68. The van der Waals surface area contributed by atoms with E-state index in [2.05, 4.69) is 10.6 Å². The number of halogens is 1. The third-order valence-electron chi connectivity index (χ3n) is 7.14. The minimum atomic E-state index is -5.31. The molecule has 0 saturated carbocycles. The van der Waals surface area contributed by atoms with E-state index < -0.39 is 51.7 Å². The maximum Gasteiger partial charge on any atom is 0.555 e. The molecule has 2 unspecified atom stereocenters. The molecule has 19 heteroatoms. The van der Waals surface area contributed by atoms with Crippen LogP contribution in [0.15, 0.2) is 42.5 Å². The summed E-state index contributed by atoms with van der Waals surface area (Å²) in [4.78, 5) is 56.6. The molecule has 2 amide bonds. The first kappa shape index (κ1) is 33.6. The standard InChI is InChI=1S/C25H30FN5O10P2S/c26-20-11-18(5-6-21(20)29-7-9-30(10-8-29)22(33)15-32)31-14-19(41-24(31)34)13-27-23(44)28-17-3-1-16(2-4-17)12-25(35,42(36)37)43(38,39)40/h1-6,11,19,32,35H,7-10,12-15H2,(H4-,27,28,36,37,38,39,40,44)/p+1/t19-,25?/m0/s1. The molecular formula is C25H31FN5O10P2S+. The van der Waals surface area contributed by atoms with Gasteiger partial charge in [-0.1, -0.05) is 12.1 Å². The number of rotatable bonds is 10. The van der Waals surface area contributed by atoms with E-state index in [9.17, 15) is 38.5 Å². The number of nitrogens with one attached hydrogen (secondary N) is 2. The number of ether oxygens (including phenoxy) is 1. The number of cyclic esters (lactones) is 1. The zero-order valence-electron chi connectivity index (χ0n) is 23.1. The van der Waals surface area contributed by atoms with Gasteiger partial charge in [-0.2, -0.15) is 4.89 Å². The quantitative estimate of drug-likeness (QED) is 0.138. The van der Waals surface area contributed by atoms with Crippen LogP contribution in [0.2, 0.25) is 0 Å². The SMILES string of the molecule is O=C(CO)N1CCN(c2ccc(N3C[C@H](CNC(=S)Nc4ccc(CC(O)([P+](=O)O)P(=O)(O)O)cc4)OC3=O)cc2F)CC1. The summed E-state index contributed by atoms with van der Waals surface area (Å²) in [6.07, 6.45) is -2.03. The largest absolute Gasteiger partial charge is 0.555 e. The van der Waals surface area contributed by atoms with Gasteiger partial charge in [0.1, 0.15) is 18.5 Å². The Labute approximate surface area is 257 Å². The first-order valence-corrected chi connectivity index (χ1v) is 16.4. The highest BCUT2D eigenvalue weighted by Crippen LogP contribution is 2.61. The molecule has 2 aliphatic rings. The molecule has 0 spiro atoms. The number of aliphatic hydroxyl groups excluding tert-OH is 1. The molecule has 15 nitrogen and oxygen atoms in total. The lowest BCUT2D eigenvalue weighted by Crippen LogP contribution is -2.49. The second-order valence-corrected chi connectivity index (χ2v) is 14.0. The molecule has 2 aromatic carbocycles. The molecule has 0 aromatic heterocycles. The Bertz CT molecular complexity index is 1470. The molecular weight excluding hydrogens is 643 g/mol. The molecule has 0 bridgehead atoms. The van der Waals surface area contributed by atoms with Crippen LogP contribution in [0.1, 0.15) is 5.56 Å². The zero-order chi connectivity index (χ0) is 32.2. The predicted octanol–water partition coefficient (Wildman–Crippen LogP) is 0.879. The fourth-order valence-electron chi connectivity index (χ4n) is 4.70. The molecule has 3 atom stereocenters. The summed E-state index contributed by atoms with van der Waals surface area (Å²) in [6, 6.07) is 10.2.